The van der Waals surface area contributed by atoms with Crippen molar-refractivity contribution in [2.75, 3.05) is 26.0 Å². The molecule has 0 bridgehead atoms. The smallest absolute Gasteiger partial charge is 0.223 e. The van der Waals surface area contributed by atoms with Crippen LogP contribution >= 0.6 is 11.8 Å². The van der Waals surface area contributed by atoms with Crippen molar-refractivity contribution in [3.63, 3.8) is 0 Å². The summed E-state index contributed by atoms with van der Waals surface area (Å²) in [6, 6.07) is 8.17. The van der Waals surface area contributed by atoms with Crippen LogP contribution in [0.15, 0.2) is 29.2 Å². The molecule has 1 aromatic carbocycles. The molecule has 0 radical (unpaired) electrons. The maximum Gasteiger partial charge on any atom is 0.223 e. The lowest BCUT2D eigenvalue weighted by Gasteiger charge is -2.38. The minimum absolute atomic E-state index is 0.224. The number of hydrogen-bond acceptors (Lipinski definition) is 4. The number of carbonyl (C=O) groups is 1. The van der Waals surface area contributed by atoms with E-state index in [9.17, 15) is 4.79 Å². The average molecular weight is 322 g/mol. The highest BCUT2D eigenvalue weighted by molar-refractivity contribution is 7.99. The van der Waals surface area contributed by atoms with Crippen LogP contribution in [0.3, 0.4) is 0 Å². The molecule has 1 fully saturated rings. The molecule has 1 amide bonds. The van der Waals surface area contributed by atoms with Crippen LogP contribution in [0.25, 0.3) is 0 Å². The number of hydrogen-bond donors (Lipinski definition) is 1. The van der Waals surface area contributed by atoms with Gasteiger partial charge in [0, 0.05) is 36.2 Å². The van der Waals surface area contributed by atoms with E-state index in [4.69, 9.17) is 10.5 Å². The summed E-state index contributed by atoms with van der Waals surface area (Å²) in [6.45, 7) is 3.67. The van der Waals surface area contributed by atoms with E-state index in [2.05, 4.69) is 6.92 Å². The maximum absolute atomic E-state index is 12.4. The minimum atomic E-state index is 0.224. The molecule has 0 aromatic heterocycles. The predicted octanol–water partition coefficient (Wildman–Crippen LogP) is 2.76. The van der Waals surface area contributed by atoms with Gasteiger partial charge in [0.1, 0.15) is 5.75 Å². The average Bonchev–Trinajstić information content (AvgIpc) is 2.55. The second kappa shape index (κ2) is 8.44. The summed E-state index contributed by atoms with van der Waals surface area (Å²) in [7, 11) is 1.66. The number of nitrogens with two attached hydrogens (primary N) is 1. The van der Waals surface area contributed by atoms with Gasteiger partial charge >= 0.3 is 0 Å². The molecule has 5 heteroatoms. The molecule has 1 aliphatic heterocycles. The summed E-state index contributed by atoms with van der Waals surface area (Å²) >= 11 is 1.71. The van der Waals surface area contributed by atoms with Crippen molar-refractivity contribution >= 4 is 17.7 Å². The van der Waals surface area contributed by atoms with Gasteiger partial charge in [-0.3, -0.25) is 4.79 Å². The fourth-order valence-corrected chi connectivity index (χ4v) is 3.72. The lowest BCUT2D eigenvalue weighted by atomic mass is 9.92. The number of amides is 1. The summed E-state index contributed by atoms with van der Waals surface area (Å²) in [5, 5.41) is 0. The lowest BCUT2D eigenvalue weighted by molar-refractivity contribution is -0.134. The van der Waals surface area contributed by atoms with Crippen LogP contribution in [-0.2, 0) is 4.79 Å². The van der Waals surface area contributed by atoms with E-state index in [0.717, 1.165) is 35.8 Å². The van der Waals surface area contributed by atoms with Gasteiger partial charge in [0.05, 0.1) is 7.11 Å². The van der Waals surface area contributed by atoms with E-state index in [1.165, 1.54) is 0 Å². The topological polar surface area (TPSA) is 55.6 Å². The van der Waals surface area contributed by atoms with Crippen molar-refractivity contribution in [2.24, 2.45) is 11.7 Å². The molecule has 4 nitrogen and oxygen atoms in total. The van der Waals surface area contributed by atoms with Gasteiger partial charge in [0.2, 0.25) is 5.91 Å². The Morgan fingerprint density at radius 2 is 2.14 bits per heavy atom. The van der Waals surface area contributed by atoms with Crippen molar-refractivity contribution in [3.8, 4) is 5.75 Å². The molecular weight excluding hydrogens is 296 g/mol. The van der Waals surface area contributed by atoms with Crippen molar-refractivity contribution in [3.05, 3.63) is 24.3 Å². The van der Waals surface area contributed by atoms with Crippen molar-refractivity contribution in [1.29, 1.82) is 0 Å². The van der Waals surface area contributed by atoms with E-state index < -0.39 is 0 Å². The number of methoxy groups -OCH3 is 1. The summed E-state index contributed by atoms with van der Waals surface area (Å²) in [5.41, 5.74) is 5.83. The van der Waals surface area contributed by atoms with Gasteiger partial charge in [-0.05, 0) is 43.0 Å². The lowest BCUT2D eigenvalue weighted by Crippen LogP contribution is -2.49. The summed E-state index contributed by atoms with van der Waals surface area (Å²) in [6.07, 6.45) is 2.70. The standard InChI is InChI=1S/C17H26N2O2S/c1-13-7-9-19(14(11-13)12-18)17(20)8-10-22-16-5-3-15(21-2)4-6-16/h3-6,13-14H,7-12,18H2,1-2H3. The minimum Gasteiger partial charge on any atom is -0.497 e. The Balaban J connectivity index is 1.79. The summed E-state index contributed by atoms with van der Waals surface area (Å²) in [5.74, 6) is 2.57. The molecule has 0 spiro atoms. The molecule has 1 aliphatic rings. The van der Waals surface area contributed by atoms with Gasteiger partial charge in [0.25, 0.3) is 0 Å². The first-order chi connectivity index (χ1) is 10.6. The maximum atomic E-state index is 12.4. The van der Waals surface area contributed by atoms with Gasteiger partial charge in [-0.15, -0.1) is 11.8 Å². The molecular formula is C17H26N2O2S. The van der Waals surface area contributed by atoms with Crippen LogP contribution in [0, 0.1) is 5.92 Å². The first-order valence-corrected chi connectivity index (χ1v) is 8.89. The van der Waals surface area contributed by atoms with E-state index in [0.29, 0.717) is 18.9 Å². The van der Waals surface area contributed by atoms with E-state index in [1.54, 1.807) is 18.9 Å². The molecule has 1 saturated heterocycles. The molecule has 2 unspecified atom stereocenters. The number of piperidine rings is 1. The zero-order valence-electron chi connectivity index (χ0n) is 13.5. The summed E-state index contributed by atoms with van der Waals surface area (Å²) < 4.78 is 5.14. The van der Waals surface area contributed by atoms with Gasteiger partial charge < -0.3 is 15.4 Å². The number of carbonyl (C=O) groups excluding carboxylic acids is 1. The van der Waals surface area contributed by atoms with E-state index in [1.807, 2.05) is 29.2 Å². The quantitative estimate of drug-likeness (QED) is 0.818. The molecule has 0 saturated carbocycles. The first-order valence-electron chi connectivity index (χ1n) is 7.90. The Labute approximate surface area is 137 Å². The monoisotopic (exact) mass is 322 g/mol. The number of thioether (sulfide) groups is 1. The molecule has 22 heavy (non-hydrogen) atoms. The van der Waals surface area contributed by atoms with E-state index in [-0.39, 0.29) is 11.9 Å². The molecule has 2 rings (SSSR count). The third-order valence-electron chi connectivity index (χ3n) is 4.21. The molecule has 0 aliphatic carbocycles. The number of nitrogens with zero attached hydrogens (tertiary/aromatic N) is 1. The Kier molecular flexibility index (Phi) is 6.58. The number of likely N-dealkylation sites (tertiary alicyclic amines) is 1. The fourth-order valence-electron chi connectivity index (χ4n) is 2.88. The van der Waals surface area contributed by atoms with E-state index >= 15 is 0 Å². The predicted molar refractivity (Wildman–Crippen MR) is 91.3 cm³/mol. The largest absolute Gasteiger partial charge is 0.497 e. The zero-order valence-corrected chi connectivity index (χ0v) is 14.3. The van der Waals surface area contributed by atoms with Crippen molar-refractivity contribution in [2.45, 2.75) is 37.1 Å². The number of ether oxygens (including phenoxy) is 1. The highest BCUT2D eigenvalue weighted by atomic mass is 32.2. The molecule has 2 atom stereocenters. The Morgan fingerprint density at radius 3 is 2.77 bits per heavy atom. The van der Waals surface area contributed by atoms with Gasteiger partial charge in [-0.1, -0.05) is 6.92 Å². The van der Waals surface area contributed by atoms with Crippen LogP contribution in [0.2, 0.25) is 0 Å². The Bertz CT molecular complexity index is 478. The van der Waals surface area contributed by atoms with Crippen LogP contribution in [-0.4, -0.2) is 42.8 Å². The van der Waals surface area contributed by atoms with Gasteiger partial charge in [-0.2, -0.15) is 0 Å². The Morgan fingerprint density at radius 1 is 1.41 bits per heavy atom. The second-order valence-corrected chi connectivity index (χ2v) is 7.05. The Hall–Kier alpha value is -1.20. The van der Waals surface area contributed by atoms with Gasteiger partial charge in [-0.25, -0.2) is 0 Å². The highest BCUT2D eigenvalue weighted by Gasteiger charge is 2.28. The van der Waals surface area contributed by atoms with Crippen LogP contribution in [0.5, 0.6) is 5.75 Å². The van der Waals surface area contributed by atoms with Crippen molar-refractivity contribution in [1.82, 2.24) is 4.90 Å². The zero-order chi connectivity index (χ0) is 15.9. The van der Waals surface area contributed by atoms with Crippen molar-refractivity contribution < 1.29 is 9.53 Å². The highest BCUT2D eigenvalue weighted by Crippen LogP contribution is 2.25. The molecule has 1 aromatic rings. The second-order valence-electron chi connectivity index (χ2n) is 5.88. The van der Waals surface area contributed by atoms with Gasteiger partial charge in [0.15, 0.2) is 0 Å². The molecule has 2 N–H and O–H groups in total. The normalized spacial score (nSPS) is 21.7. The number of rotatable bonds is 6. The third-order valence-corrected chi connectivity index (χ3v) is 5.23. The number of benzene rings is 1. The molecule has 122 valence electrons. The van der Waals surface area contributed by atoms with Crippen LogP contribution in [0.1, 0.15) is 26.2 Å². The van der Waals surface area contributed by atoms with Crippen LogP contribution < -0.4 is 10.5 Å². The fraction of sp³-hybridized carbons (Fsp3) is 0.588. The molecule has 1 heterocycles. The SMILES string of the molecule is COc1ccc(SCCC(=O)N2CCC(C)CC2CN)cc1. The third kappa shape index (κ3) is 4.65. The first kappa shape index (κ1) is 17.2. The van der Waals surface area contributed by atoms with Crippen LogP contribution in [0.4, 0.5) is 0 Å². The summed E-state index contributed by atoms with van der Waals surface area (Å²) in [4.78, 5) is 15.6.